The van der Waals surface area contributed by atoms with Crippen LogP contribution in [0.25, 0.3) is 0 Å². The summed E-state index contributed by atoms with van der Waals surface area (Å²) in [5.41, 5.74) is 7.01. The third-order valence-corrected chi connectivity index (χ3v) is 5.29. The van der Waals surface area contributed by atoms with Crippen LogP contribution >= 0.6 is 0 Å². The molecule has 0 spiro atoms. The van der Waals surface area contributed by atoms with Crippen molar-refractivity contribution in [3.8, 4) is 0 Å². The molecule has 0 atom stereocenters. The summed E-state index contributed by atoms with van der Waals surface area (Å²) in [5.74, 6) is 0.0321. The number of para-hydroxylation sites is 1. The molecule has 0 bridgehead atoms. The number of anilines is 1. The molecule has 5 heteroatoms. The summed E-state index contributed by atoms with van der Waals surface area (Å²) < 4.78 is 29.6. The molecule has 94 valence electrons. The van der Waals surface area contributed by atoms with Crippen LogP contribution in [0, 0.1) is 0 Å². The molecule has 1 aromatic carbocycles. The van der Waals surface area contributed by atoms with Crippen LogP contribution in [0.2, 0.25) is 0 Å². The SMILES string of the molecule is Nc1ccccc1CS(=O)(=O)C1CCOCC1. The summed E-state index contributed by atoms with van der Waals surface area (Å²) >= 11 is 0. The van der Waals surface area contributed by atoms with Crippen molar-refractivity contribution in [2.24, 2.45) is 0 Å². The normalized spacial score (nSPS) is 18.1. The highest BCUT2D eigenvalue weighted by Crippen LogP contribution is 2.22. The zero-order chi connectivity index (χ0) is 12.3. The Morgan fingerprint density at radius 2 is 1.88 bits per heavy atom. The molecule has 17 heavy (non-hydrogen) atoms. The van der Waals surface area contributed by atoms with Gasteiger partial charge in [-0.3, -0.25) is 0 Å². The topological polar surface area (TPSA) is 69.4 Å². The molecule has 0 saturated carbocycles. The molecule has 1 aliphatic heterocycles. The van der Waals surface area contributed by atoms with E-state index in [0.29, 0.717) is 37.3 Å². The lowest BCUT2D eigenvalue weighted by molar-refractivity contribution is 0.0983. The van der Waals surface area contributed by atoms with Gasteiger partial charge in [-0.25, -0.2) is 8.42 Å². The first-order valence-corrected chi connectivity index (χ1v) is 7.44. The van der Waals surface area contributed by atoms with Gasteiger partial charge in [0, 0.05) is 18.9 Å². The van der Waals surface area contributed by atoms with Crippen LogP contribution in [0.1, 0.15) is 18.4 Å². The molecule has 1 fully saturated rings. The lowest BCUT2D eigenvalue weighted by atomic mass is 10.2. The van der Waals surface area contributed by atoms with Crippen molar-refractivity contribution in [1.82, 2.24) is 0 Å². The predicted molar refractivity (Wildman–Crippen MR) is 67.3 cm³/mol. The highest BCUT2D eigenvalue weighted by atomic mass is 32.2. The number of sulfone groups is 1. The van der Waals surface area contributed by atoms with Gasteiger partial charge in [0.2, 0.25) is 0 Å². The Balaban J connectivity index is 2.14. The van der Waals surface area contributed by atoms with E-state index >= 15 is 0 Å². The molecule has 0 aliphatic carbocycles. The maximum absolute atomic E-state index is 12.2. The Hall–Kier alpha value is -1.07. The smallest absolute Gasteiger partial charge is 0.157 e. The maximum atomic E-state index is 12.2. The van der Waals surface area contributed by atoms with Crippen LogP contribution in [0.15, 0.2) is 24.3 Å². The zero-order valence-corrected chi connectivity index (χ0v) is 10.4. The van der Waals surface area contributed by atoms with Crippen LogP contribution in [-0.4, -0.2) is 26.9 Å². The number of benzene rings is 1. The van der Waals surface area contributed by atoms with E-state index in [1.54, 1.807) is 18.2 Å². The fourth-order valence-electron chi connectivity index (χ4n) is 2.04. The quantitative estimate of drug-likeness (QED) is 0.828. The average Bonchev–Trinajstić information content (AvgIpc) is 2.33. The monoisotopic (exact) mass is 255 g/mol. The van der Waals surface area contributed by atoms with E-state index in [4.69, 9.17) is 10.5 Å². The summed E-state index contributed by atoms with van der Waals surface area (Å²) in [6.45, 7) is 1.07. The number of hydrogen-bond donors (Lipinski definition) is 1. The third kappa shape index (κ3) is 2.98. The Morgan fingerprint density at radius 1 is 1.24 bits per heavy atom. The molecule has 2 rings (SSSR count). The summed E-state index contributed by atoms with van der Waals surface area (Å²) in [6.07, 6.45) is 1.18. The second kappa shape index (κ2) is 5.06. The van der Waals surface area contributed by atoms with Gasteiger partial charge in [0.15, 0.2) is 9.84 Å². The Morgan fingerprint density at radius 3 is 2.53 bits per heavy atom. The van der Waals surface area contributed by atoms with Gasteiger partial charge >= 0.3 is 0 Å². The van der Waals surface area contributed by atoms with E-state index in [2.05, 4.69) is 0 Å². The molecule has 0 aromatic heterocycles. The van der Waals surface area contributed by atoms with Crippen LogP contribution in [0.5, 0.6) is 0 Å². The van der Waals surface area contributed by atoms with E-state index in [0.717, 1.165) is 0 Å². The standard InChI is InChI=1S/C12H17NO3S/c13-12-4-2-1-3-10(12)9-17(14,15)11-5-7-16-8-6-11/h1-4,11H,5-9,13H2. The molecule has 1 aliphatic rings. The molecule has 0 amide bonds. The Labute approximate surface area is 102 Å². The number of hydrogen-bond acceptors (Lipinski definition) is 4. The second-order valence-electron chi connectivity index (χ2n) is 4.32. The molecule has 0 unspecified atom stereocenters. The van der Waals surface area contributed by atoms with Crippen LogP contribution in [-0.2, 0) is 20.3 Å². The third-order valence-electron chi connectivity index (χ3n) is 3.09. The van der Waals surface area contributed by atoms with Gasteiger partial charge in [-0.05, 0) is 24.5 Å². The average molecular weight is 255 g/mol. The van der Waals surface area contributed by atoms with Gasteiger partial charge in [0.25, 0.3) is 0 Å². The largest absolute Gasteiger partial charge is 0.398 e. The Kier molecular flexibility index (Phi) is 3.69. The van der Waals surface area contributed by atoms with E-state index in [9.17, 15) is 8.42 Å². The highest BCUT2D eigenvalue weighted by Gasteiger charge is 2.28. The first-order chi connectivity index (χ1) is 8.09. The van der Waals surface area contributed by atoms with Gasteiger partial charge in [0.1, 0.15) is 0 Å². The molecular formula is C12H17NO3S. The summed E-state index contributed by atoms with van der Waals surface area (Å²) in [7, 11) is -3.12. The van der Waals surface area contributed by atoms with Crippen LogP contribution in [0.3, 0.4) is 0 Å². The second-order valence-corrected chi connectivity index (χ2v) is 6.60. The molecule has 0 radical (unpaired) electrons. The summed E-state index contributed by atoms with van der Waals surface area (Å²) in [6, 6.07) is 7.12. The molecule has 1 heterocycles. The molecular weight excluding hydrogens is 238 g/mol. The predicted octanol–water partition coefficient (Wildman–Crippen LogP) is 1.36. The lowest BCUT2D eigenvalue weighted by Gasteiger charge is -2.22. The highest BCUT2D eigenvalue weighted by molar-refractivity contribution is 7.91. The van der Waals surface area contributed by atoms with Gasteiger partial charge in [-0.2, -0.15) is 0 Å². The minimum absolute atomic E-state index is 0.0321. The molecule has 2 N–H and O–H groups in total. The van der Waals surface area contributed by atoms with Crippen molar-refractivity contribution in [3.63, 3.8) is 0 Å². The van der Waals surface area contributed by atoms with Gasteiger partial charge < -0.3 is 10.5 Å². The number of ether oxygens (including phenoxy) is 1. The Bertz CT molecular complexity index is 478. The minimum atomic E-state index is -3.12. The fourth-order valence-corrected chi connectivity index (χ4v) is 3.88. The van der Waals surface area contributed by atoms with E-state index < -0.39 is 9.84 Å². The number of nitrogens with two attached hydrogens (primary N) is 1. The van der Waals surface area contributed by atoms with Gasteiger partial charge in [0.05, 0.1) is 11.0 Å². The molecule has 1 aromatic rings. The molecule has 1 saturated heterocycles. The number of nitrogen functional groups attached to an aromatic ring is 1. The van der Waals surface area contributed by atoms with E-state index in [1.807, 2.05) is 6.07 Å². The van der Waals surface area contributed by atoms with Crippen LogP contribution < -0.4 is 5.73 Å². The van der Waals surface area contributed by atoms with Gasteiger partial charge in [-0.1, -0.05) is 18.2 Å². The fraction of sp³-hybridized carbons (Fsp3) is 0.500. The first-order valence-electron chi connectivity index (χ1n) is 5.72. The van der Waals surface area contributed by atoms with E-state index in [-0.39, 0.29) is 11.0 Å². The van der Waals surface area contributed by atoms with E-state index in [1.165, 1.54) is 0 Å². The van der Waals surface area contributed by atoms with Crippen molar-refractivity contribution < 1.29 is 13.2 Å². The summed E-state index contributed by atoms with van der Waals surface area (Å²) in [5, 5.41) is -0.282. The first kappa shape index (κ1) is 12.4. The lowest BCUT2D eigenvalue weighted by Crippen LogP contribution is -2.30. The van der Waals surface area contributed by atoms with Crippen molar-refractivity contribution in [2.45, 2.75) is 23.8 Å². The van der Waals surface area contributed by atoms with Crippen LogP contribution in [0.4, 0.5) is 5.69 Å². The van der Waals surface area contributed by atoms with Crippen molar-refractivity contribution in [3.05, 3.63) is 29.8 Å². The van der Waals surface area contributed by atoms with Gasteiger partial charge in [-0.15, -0.1) is 0 Å². The maximum Gasteiger partial charge on any atom is 0.157 e. The van der Waals surface area contributed by atoms with Crippen molar-refractivity contribution in [2.75, 3.05) is 18.9 Å². The molecule has 4 nitrogen and oxygen atoms in total. The summed E-state index contributed by atoms with van der Waals surface area (Å²) in [4.78, 5) is 0. The zero-order valence-electron chi connectivity index (χ0n) is 9.63. The minimum Gasteiger partial charge on any atom is -0.398 e. The number of rotatable bonds is 3. The van der Waals surface area contributed by atoms with Crippen molar-refractivity contribution in [1.29, 1.82) is 0 Å². The van der Waals surface area contributed by atoms with Crippen molar-refractivity contribution >= 4 is 15.5 Å².